The first-order chi connectivity index (χ1) is 9.20. The van der Waals surface area contributed by atoms with Crippen molar-refractivity contribution in [1.82, 2.24) is 9.97 Å². The average molecular weight is 368 g/mol. The van der Waals surface area contributed by atoms with Crippen molar-refractivity contribution >= 4 is 22.6 Å². The Kier molecular flexibility index (Phi) is 3.30. The van der Waals surface area contributed by atoms with Crippen LogP contribution in [0.2, 0.25) is 0 Å². The molecule has 1 aliphatic rings. The van der Waals surface area contributed by atoms with Crippen molar-refractivity contribution < 1.29 is 4.74 Å². The summed E-state index contributed by atoms with van der Waals surface area (Å²) in [4.78, 5) is 19.5. The Morgan fingerprint density at radius 3 is 2.79 bits per heavy atom. The summed E-state index contributed by atoms with van der Waals surface area (Å²) in [5.74, 6) is 1.75. The minimum atomic E-state index is -0.0709. The Morgan fingerprint density at radius 2 is 2.11 bits per heavy atom. The molecule has 3 rings (SSSR count). The molecule has 1 aromatic heterocycles. The number of hydrogen-bond acceptors (Lipinski definition) is 3. The van der Waals surface area contributed by atoms with Gasteiger partial charge in [-0.05, 0) is 47.6 Å². The first kappa shape index (κ1) is 12.7. The molecule has 0 unspecified atom stereocenters. The van der Waals surface area contributed by atoms with Gasteiger partial charge in [0.05, 0.1) is 21.9 Å². The van der Waals surface area contributed by atoms with E-state index in [1.165, 1.54) is 0 Å². The number of rotatable bonds is 3. The smallest absolute Gasteiger partial charge is 0.264 e. The molecule has 1 aromatic carbocycles. The normalized spacial score (nSPS) is 14.4. The van der Waals surface area contributed by atoms with Gasteiger partial charge in [-0.3, -0.25) is 4.79 Å². The van der Waals surface area contributed by atoms with Gasteiger partial charge in [-0.1, -0.05) is 12.1 Å². The Morgan fingerprint density at radius 1 is 1.37 bits per heavy atom. The van der Waals surface area contributed by atoms with E-state index >= 15 is 0 Å². The zero-order valence-electron chi connectivity index (χ0n) is 10.4. The molecular formula is C14H13IN2O2. The first-order valence-electron chi connectivity index (χ1n) is 6.14. The van der Waals surface area contributed by atoms with Gasteiger partial charge in [0.1, 0.15) is 11.6 Å². The number of H-pyrrole nitrogens is 1. The minimum Gasteiger partial charge on any atom is -0.496 e. The molecule has 19 heavy (non-hydrogen) atoms. The van der Waals surface area contributed by atoms with Crippen LogP contribution in [0.4, 0.5) is 0 Å². The van der Waals surface area contributed by atoms with E-state index in [0.717, 1.165) is 24.1 Å². The van der Waals surface area contributed by atoms with Crippen LogP contribution in [-0.2, 0) is 0 Å². The van der Waals surface area contributed by atoms with Crippen LogP contribution in [0.1, 0.15) is 24.5 Å². The van der Waals surface area contributed by atoms with E-state index in [1.807, 2.05) is 24.3 Å². The fourth-order valence-corrected chi connectivity index (χ4v) is 2.77. The molecule has 0 bridgehead atoms. The number of methoxy groups -OCH3 is 1. The van der Waals surface area contributed by atoms with E-state index < -0.39 is 0 Å². The van der Waals surface area contributed by atoms with E-state index in [2.05, 4.69) is 32.6 Å². The third kappa shape index (κ3) is 2.39. The maximum absolute atomic E-state index is 12.0. The van der Waals surface area contributed by atoms with Crippen molar-refractivity contribution in [3.8, 4) is 17.1 Å². The van der Waals surface area contributed by atoms with Crippen LogP contribution in [-0.4, -0.2) is 17.1 Å². The number of aromatic nitrogens is 2. The fraction of sp³-hybridized carbons (Fsp3) is 0.286. The molecule has 0 amide bonds. The van der Waals surface area contributed by atoms with Gasteiger partial charge in [-0.25, -0.2) is 4.98 Å². The van der Waals surface area contributed by atoms with Crippen molar-refractivity contribution in [2.75, 3.05) is 7.11 Å². The maximum atomic E-state index is 12.0. The van der Waals surface area contributed by atoms with Gasteiger partial charge >= 0.3 is 0 Å². The fourth-order valence-electron chi connectivity index (χ4n) is 2.07. The molecule has 0 atom stereocenters. The standard InChI is InChI=1S/C14H13IN2O2/c1-19-10-5-3-2-4-9(10)13-16-12(8-6-7-8)11(15)14(18)17-13/h2-5,8H,6-7H2,1H3,(H,16,17,18). The summed E-state index contributed by atoms with van der Waals surface area (Å²) in [5, 5.41) is 0. The number of aromatic amines is 1. The number of para-hydroxylation sites is 1. The topological polar surface area (TPSA) is 55.0 Å². The van der Waals surface area contributed by atoms with Crippen molar-refractivity contribution in [1.29, 1.82) is 0 Å². The van der Waals surface area contributed by atoms with Crippen molar-refractivity contribution in [2.24, 2.45) is 0 Å². The van der Waals surface area contributed by atoms with Crippen LogP contribution in [0, 0.1) is 3.57 Å². The molecule has 1 aliphatic carbocycles. The second kappa shape index (κ2) is 4.96. The lowest BCUT2D eigenvalue weighted by Crippen LogP contribution is -2.16. The summed E-state index contributed by atoms with van der Waals surface area (Å²) in [6, 6.07) is 7.58. The van der Waals surface area contributed by atoms with E-state index in [0.29, 0.717) is 21.1 Å². The van der Waals surface area contributed by atoms with Gasteiger partial charge in [-0.15, -0.1) is 0 Å². The van der Waals surface area contributed by atoms with Crippen LogP contribution in [0.15, 0.2) is 29.1 Å². The van der Waals surface area contributed by atoms with Gasteiger partial charge in [0.15, 0.2) is 0 Å². The molecule has 4 nitrogen and oxygen atoms in total. The van der Waals surface area contributed by atoms with Gasteiger partial charge in [0.2, 0.25) is 0 Å². The minimum absolute atomic E-state index is 0.0709. The lowest BCUT2D eigenvalue weighted by atomic mass is 10.1. The highest BCUT2D eigenvalue weighted by Crippen LogP contribution is 2.41. The molecule has 0 spiro atoms. The van der Waals surface area contributed by atoms with E-state index in [4.69, 9.17) is 4.74 Å². The molecule has 98 valence electrons. The second-order valence-corrected chi connectivity index (χ2v) is 5.67. The second-order valence-electron chi connectivity index (χ2n) is 4.59. The van der Waals surface area contributed by atoms with Crippen LogP contribution in [0.25, 0.3) is 11.4 Å². The van der Waals surface area contributed by atoms with Crippen molar-refractivity contribution in [2.45, 2.75) is 18.8 Å². The van der Waals surface area contributed by atoms with Crippen LogP contribution in [0.5, 0.6) is 5.75 Å². The van der Waals surface area contributed by atoms with Crippen LogP contribution >= 0.6 is 22.6 Å². The predicted octanol–water partition coefficient (Wildman–Crippen LogP) is 2.93. The SMILES string of the molecule is COc1ccccc1-c1nc(C2CC2)c(I)c(=O)[nH]1. The third-order valence-electron chi connectivity index (χ3n) is 3.21. The number of halogens is 1. The molecule has 1 saturated carbocycles. The summed E-state index contributed by atoms with van der Waals surface area (Å²) in [6.45, 7) is 0. The highest BCUT2D eigenvalue weighted by atomic mass is 127. The van der Waals surface area contributed by atoms with Gasteiger partial charge in [-0.2, -0.15) is 0 Å². The van der Waals surface area contributed by atoms with Crippen molar-refractivity contribution in [3.63, 3.8) is 0 Å². The van der Waals surface area contributed by atoms with Gasteiger partial charge in [0.25, 0.3) is 5.56 Å². The molecular weight excluding hydrogens is 355 g/mol. The number of ether oxygens (including phenoxy) is 1. The lowest BCUT2D eigenvalue weighted by molar-refractivity contribution is 0.416. The largest absolute Gasteiger partial charge is 0.496 e. The summed E-state index contributed by atoms with van der Waals surface area (Å²) in [7, 11) is 1.62. The summed E-state index contributed by atoms with van der Waals surface area (Å²) in [5.41, 5.74) is 1.67. The zero-order valence-corrected chi connectivity index (χ0v) is 12.6. The number of benzene rings is 1. The third-order valence-corrected chi connectivity index (χ3v) is 4.26. The quantitative estimate of drug-likeness (QED) is 0.848. The molecule has 2 aromatic rings. The number of hydrogen-bond donors (Lipinski definition) is 1. The van der Waals surface area contributed by atoms with Gasteiger partial charge in [0, 0.05) is 5.92 Å². The monoisotopic (exact) mass is 368 g/mol. The van der Waals surface area contributed by atoms with Crippen LogP contribution in [0.3, 0.4) is 0 Å². The van der Waals surface area contributed by atoms with Gasteiger partial charge < -0.3 is 9.72 Å². The summed E-state index contributed by atoms with van der Waals surface area (Å²) >= 11 is 2.08. The molecule has 0 saturated heterocycles. The zero-order chi connectivity index (χ0) is 13.4. The number of nitrogens with one attached hydrogen (secondary N) is 1. The first-order valence-corrected chi connectivity index (χ1v) is 7.21. The van der Waals surface area contributed by atoms with Crippen LogP contribution < -0.4 is 10.3 Å². The van der Waals surface area contributed by atoms with E-state index in [-0.39, 0.29) is 5.56 Å². The molecule has 1 heterocycles. The van der Waals surface area contributed by atoms with E-state index in [9.17, 15) is 4.79 Å². The molecule has 1 N–H and O–H groups in total. The average Bonchev–Trinajstić information content (AvgIpc) is 3.26. The Hall–Kier alpha value is -1.37. The summed E-state index contributed by atoms with van der Waals surface area (Å²) < 4.78 is 6.03. The molecule has 1 fully saturated rings. The summed E-state index contributed by atoms with van der Waals surface area (Å²) in [6.07, 6.45) is 2.25. The highest BCUT2D eigenvalue weighted by Gasteiger charge is 2.29. The number of nitrogens with zero attached hydrogens (tertiary/aromatic N) is 1. The van der Waals surface area contributed by atoms with E-state index in [1.54, 1.807) is 7.11 Å². The molecule has 0 aliphatic heterocycles. The Balaban J connectivity index is 2.17. The molecule has 0 radical (unpaired) electrons. The molecule has 5 heteroatoms. The lowest BCUT2D eigenvalue weighted by Gasteiger charge is -2.09. The predicted molar refractivity (Wildman–Crippen MR) is 81.5 cm³/mol. The Bertz CT molecular complexity index is 677. The van der Waals surface area contributed by atoms with Crippen molar-refractivity contribution in [3.05, 3.63) is 43.9 Å². The Labute approximate surface area is 124 Å². The maximum Gasteiger partial charge on any atom is 0.264 e. The highest BCUT2D eigenvalue weighted by molar-refractivity contribution is 14.1.